The van der Waals surface area contributed by atoms with Gasteiger partial charge in [-0.15, -0.1) is 0 Å². The van der Waals surface area contributed by atoms with E-state index < -0.39 is 5.97 Å². The number of carbonyl (C=O) groups excluding carboxylic acids is 1. The van der Waals surface area contributed by atoms with Crippen LogP contribution in [-0.2, 0) is 15.6 Å². The maximum absolute atomic E-state index is 12.1. The van der Waals surface area contributed by atoms with Gasteiger partial charge in [0.1, 0.15) is 12.4 Å². The number of benzene rings is 1. The van der Waals surface area contributed by atoms with Gasteiger partial charge in [0.15, 0.2) is 0 Å². The highest BCUT2D eigenvalue weighted by atomic mass is 16.5. The van der Waals surface area contributed by atoms with Gasteiger partial charge in [-0.25, -0.2) is 4.79 Å². The Labute approximate surface area is 127 Å². The van der Waals surface area contributed by atoms with Crippen LogP contribution < -0.4 is 0 Å². The van der Waals surface area contributed by atoms with Gasteiger partial charge in [0.2, 0.25) is 0 Å². The molecule has 0 saturated carbocycles. The Morgan fingerprint density at radius 2 is 1.57 bits per heavy atom. The van der Waals surface area contributed by atoms with Crippen LogP contribution in [0.15, 0.2) is 24.8 Å². The first-order valence-corrected chi connectivity index (χ1v) is 7.14. The summed E-state index contributed by atoms with van der Waals surface area (Å²) in [6, 6.07) is 3.44. The number of rotatable bonds is 3. The van der Waals surface area contributed by atoms with Crippen LogP contribution in [0.4, 0.5) is 0 Å². The monoisotopic (exact) mass is 290 g/mol. The lowest BCUT2D eigenvalue weighted by Crippen LogP contribution is -2.19. The average Bonchev–Trinajstić information content (AvgIpc) is 2.33. The molecule has 3 heteroatoms. The first-order chi connectivity index (χ1) is 9.48. The topological polar surface area (TPSA) is 46.5 Å². The van der Waals surface area contributed by atoms with E-state index in [9.17, 15) is 9.90 Å². The molecule has 0 radical (unpaired) electrons. The summed E-state index contributed by atoms with van der Waals surface area (Å²) in [5.74, 6) is -0.138. The van der Waals surface area contributed by atoms with Crippen molar-refractivity contribution in [3.8, 4) is 5.75 Å². The molecule has 0 unspecified atom stereocenters. The fraction of sp³-hybridized carbons (Fsp3) is 0.500. The third kappa shape index (κ3) is 4.10. The molecule has 0 aliphatic heterocycles. The molecule has 0 amide bonds. The minimum Gasteiger partial charge on any atom is -0.507 e. The van der Waals surface area contributed by atoms with Crippen LogP contribution in [0.1, 0.15) is 63.0 Å². The molecule has 0 fully saturated rings. The van der Waals surface area contributed by atoms with Crippen molar-refractivity contribution in [3.63, 3.8) is 0 Å². The van der Waals surface area contributed by atoms with Crippen molar-refractivity contribution in [2.45, 2.75) is 52.4 Å². The summed E-state index contributed by atoms with van der Waals surface area (Å²) in [5.41, 5.74) is 1.43. The van der Waals surface area contributed by atoms with E-state index in [1.165, 1.54) is 6.08 Å². The van der Waals surface area contributed by atoms with Crippen molar-refractivity contribution in [2.24, 2.45) is 0 Å². The molecule has 0 saturated heterocycles. The Hall–Kier alpha value is -1.77. The van der Waals surface area contributed by atoms with Crippen LogP contribution in [0.5, 0.6) is 5.75 Å². The number of esters is 1. The minimum absolute atomic E-state index is 0.176. The maximum Gasteiger partial charge on any atom is 0.338 e. The van der Waals surface area contributed by atoms with E-state index in [4.69, 9.17) is 4.74 Å². The summed E-state index contributed by atoms with van der Waals surface area (Å²) in [6.45, 7) is 15.8. The van der Waals surface area contributed by atoms with Crippen LogP contribution in [0, 0.1) is 0 Å². The second kappa shape index (κ2) is 5.92. The van der Waals surface area contributed by atoms with Crippen molar-refractivity contribution < 1.29 is 14.6 Å². The van der Waals surface area contributed by atoms with Gasteiger partial charge in [0.05, 0.1) is 5.56 Å². The highest BCUT2D eigenvalue weighted by Crippen LogP contribution is 2.39. The number of ether oxygens (including phenoxy) is 1. The Balaban J connectivity index is 3.47. The van der Waals surface area contributed by atoms with Gasteiger partial charge in [-0.05, 0) is 23.0 Å². The summed E-state index contributed by atoms with van der Waals surface area (Å²) in [5, 5.41) is 10.6. The van der Waals surface area contributed by atoms with E-state index in [1.54, 1.807) is 12.1 Å². The largest absolute Gasteiger partial charge is 0.507 e. The number of carbonyl (C=O) groups is 1. The molecule has 0 spiro atoms. The number of aromatic hydroxyl groups is 1. The molecule has 1 aromatic rings. The third-order valence-electron chi connectivity index (χ3n) is 3.29. The first kappa shape index (κ1) is 17.3. The van der Waals surface area contributed by atoms with E-state index in [2.05, 4.69) is 6.58 Å². The van der Waals surface area contributed by atoms with Crippen LogP contribution in [0.3, 0.4) is 0 Å². The van der Waals surface area contributed by atoms with Crippen molar-refractivity contribution in [3.05, 3.63) is 41.5 Å². The molecule has 1 rings (SSSR count). The zero-order valence-electron chi connectivity index (χ0n) is 13.9. The lowest BCUT2D eigenvalue weighted by Gasteiger charge is -2.27. The first-order valence-electron chi connectivity index (χ1n) is 7.14. The summed E-state index contributed by atoms with van der Waals surface area (Å²) in [7, 11) is 0. The molecule has 0 aliphatic carbocycles. The van der Waals surface area contributed by atoms with Gasteiger partial charge in [-0.1, -0.05) is 54.2 Å². The van der Waals surface area contributed by atoms with E-state index in [0.29, 0.717) is 5.56 Å². The number of hydrogen-bond acceptors (Lipinski definition) is 3. The molecule has 1 aromatic carbocycles. The molecule has 0 heterocycles. The van der Waals surface area contributed by atoms with Crippen molar-refractivity contribution >= 4 is 5.97 Å². The predicted molar refractivity (Wildman–Crippen MR) is 86.0 cm³/mol. The van der Waals surface area contributed by atoms with Gasteiger partial charge in [0, 0.05) is 11.1 Å². The summed E-state index contributed by atoms with van der Waals surface area (Å²) in [6.07, 6.45) is 1.54. The molecule has 0 bridgehead atoms. The fourth-order valence-electron chi connectivity index (χ4n) is 2.11. The quantitative estimate of drug-likeness (QED) is 0.665. The Bertz CT molecular complexity index is 508. The Kier molecular flexibility index (Phi) is 4.87. The number of phenolic OH excluding ortho intramolecular Hbond substituents is 1. The van der Waals surface area contributed by atoms with Gasteiger partial charge in [-0.3, -0.25) is 0 Å². The van der Waals surface area contributed by atoms with Gasteiger partial charge in [0.25, 0.3) is 0 Å². The van der Waals surface area contributed by atoms with Crippen molar-refractivity contribution in [1.29, 1.82) is 0 Å². The van der Waals surface area contributed by atoms with E-state index in [-0.39, 0.29) is 23.2 Å². The number of phenols is 1. The predicted octanol–water partition coefficient (Wildman–Crippen LogP) is 4.33. The van der Waals surface area contributed by atoms with Crippen LogP contribution >= 0.6 is 0 Å². The normalized spacial score (nSPS) is 12.1. The average molecular weight is 290 g/mol. The molecule has 3 nitrogen and oxygen atoms in total. The smallest absolute Gasteiger partial charge is 0.338 e. The molecule has 116 valence electrons. The van der Waals surface area contributed by atoms with Gasteiger partial charge >= 0.3 is 5.97 Å². The molecular weight excluding hydrogens is 264 g/mol. The SMILES string of the molecule is C=CCOC(=O)c1cc(C(C)(C)C)c(O)c(C(C)(C)C)c1. The van der Waals surface area contributed by atoms with Crippen LogP contribution in [0.2, 0.25) is 0 Å². The fourth-order valence-corrected chi connectivity index (χ4v) is 2.11. The molecular formula is C18H26O3. The standard InChI is InChI=1S/C18H26O3/c1-8-9-21-16(20)12-10-13(17(2,3)4)15(19)14(11-12)18(5,6)7/h8,10-11,19H,1,9H2,2-7H3. The van der Waals surface area contributed by atoms with Crippen LogP contribution in [-0.4, -0.2) is 17.7 Å². The number of hydrogen-bond donors (Lipinski definition) is 1. The van der Waals surface area contributed by atoms with E-state index in [1.807, 2.05) is 41.5 Å². The lowest BCUT2D eigenvalue weighted by atomic mass is 9.78. The maximum atomic E-state index is 12.1. The summed E-state index contributed by atoms with van der Waals surface area (Å²) >= 11 is 0. The molecule has 1 N–H and O–H groups in total. The third-order valence-corrected chi connectivity index (χ3v) is 3.29. The van der Waals surface area contributed by atoms with Crippen molar-refractivity contribution in [1.82, 2.24) is 0 Å². The second-order valence-corrected chi connectivity index (χ2v) is 7.31. The Morgan fingerprint density at radius 3 is 1.90 bits per heavy atom. The van der Waals surface area contributed by atoms with Gasteiger partial charge in [-0.2, -0.15) is 0 Å². The second-order valence-electron chi connectivity index (χ2n) is 7.31. The van der Waals surface area contributed by atoms with E-state index >= 15 is 0 Å². The molecule has 0 aliphatic rings. The lowest BCUT2D eigenvalue weighted by molar-refractivity contribution is 0.0549. The summed E-state index contributed by atoms with van der Waals surface area (Å²) in [4.78, 5) is 12.1. The zero-order valence-corrected chi connectivity index (χ0v) is 13.9. The zero-order chi connectivity index (χ0) is 16.4. The Morgan fingerprint density at radius 1 is 1.14 bits per heavy atom. The summed E-state index contributed by atoms with van der Waals surface area (Å²) < 4.78 is 5.11. The van der Waals surface area contributed by atoms with Gasteiger partial charge < -0.3 is 9.84 Å². The molecule has 0 atom stereocenters. The van der Waals surface area contributed by atoms with Crippen molar-refractivity contribution in [2.75, 3.05) is 6.61 Å². The minimum atomic E-state index is -0.397. The van der Waals surface area contributed by atoms with E-state index in [0.717, 1.165) is 11.1 Å². The highest BCUT2D eigenvalue weighted by Gasteiger charge is 2.28. The highest BCUT2D eigenvalue weighted by molar-refractivity contribution is 5.90. The molecule has 0 aromatic heterocycles. The molecule has 21 heavy (non-hydrogen) atoms. The van der Waals surface area contributed by atoms with Crippen LogP contribution in [0.25, 0.3) is 0 Å².